The van der Waals surface area contributed by atoms with E-state index in [0.717, 1.165) is 38.2 Å². The van der Waals surface area contributed by atoms with Gasteiger partial charge in [0.1, 0.15) is 17.2 Å². The molecule has 1 aliphatic rings. The summed E-state index contributed by atoms with van der Waals surface area (Å²) >= 11 is 0. The molecule has 0 bridgehead atoms. The molecule has 0 spiro atoms. The third-order valence-corrected chi connectivity index (χ3v) is 6.91. The second-order valence-electron chi connectivity index (χ2n) is 9.85. The third-order valence-electron chi connectivity index (χ3n) is 6.91. The van der Waals surface area contributed by atoms with Gasteiger partial charge in [-0.3, -0.25) is 14.7 Å². The molecule has 0 atom stereocenters. The van der Waals surface area contributed by atoms with Gasteiger partial charge in [-0.05, 0) is 49.0 Å². The molecule has 0 radical (unpaired) electrons. The molecule has 4 aromatic rings. The van der Waals surface area contributed by atoms with Crippen molar-refractivity contribution in [2.24, 2.45) is 7.05 Å². The van der Waals surface area contributed by atoms with Crippen molar-refractivity contribution in [3.8, 4) is 17.2 Å². The zero-order valence-corrected chi connectivity index (χ0v) is 22.8. The molecule has 0 aliphatic carbocycles. The fourth-order valence-corrected chi connectivity index (χ4v) is 4.75. The van der Waals surface area contributed by atoms with Crippen molar-refractivity contribution in [2.75, 3.05) is 44.6 Å². The van der Waals surface area contributed by atoms with Gasteiger partial charge in [0.05, 0.1) is 29.7 Å². The number of Topliss-reactive ketones (excluding diaryl/α,β-unsaturated/α-hetero) is 1. The highest BCUT2D eigenvalue weighted by Crippen LogP contribution is 2.29. The van der Waals surface area contributed by atoms with Crippen LogP contribution in [0.3, 0.4) is 0 Å². The summed E-state index contributed by atoms with van der Waals surface area (Å²) in [4.78, 5) is 26.2. The highest BCUT2D eigenvalue weighted by Gasteiger charge is 2.31. The Balaban J connectivity index is 1.21. The number of anilines is 2. The zero-order chi connectivity index (χ0) is 29.0. The van der Waals surface area contributed by atoms with Crippen LogP contribution in [-0.4, -0.2) is 75.7 Å². The van der Waals surface area contributed by atoms with Gasteiger partial charge in [0.25, 0.3) is 0 Å². The van der Waals surface area contributed by atoms with Crippen LogP contribution in [0.1, 0.15) is 12.6 Å². The van der Waals surface area contributed by atoms with Crippen LogP contribution in [0.4, 0.5) is 24.8 Å². The standard InChI is InChI=1S/C29H31F3N6O3/c1-3-37-12-14-38(15-13-37)19-22(39)16-21-17-25(10-11-33-21)40-24-8-9-27-26(18-24)35-28(36(27)2)34-20-4-6-23(7-5-20)41-29(30,31)32/h4-11,17-18H,3,12-16,19H2,1-2H3,(H,34,35). The lowest BCUT2D eigenvalue weighted by molar-refractivity contribution is -0.274. The second kappa shape index (κ2) is 12.1. The number of rotatable bonds is 10. The van der Waals surface area contributed by atoms with Gasteiger partial charge in [0.2, 0.25) is 5.95 Å². The van der Waals surface area contributed by atoms with Crippen LogP contribution < -0.4 is 14.8 Å². The van der Waals surface area contributed by atoms with E-state index in [2.05, 4.69) is 36.7 Å². The Morgan fingerprint density at radius 3 is 2.34 bits per heavy atom. The number of fused-ring (bicyclic) bond motifs is 1. The summed E-state index contributed by atoms with van der Waals surface area (Å²) in [6, 6.07) is 14.4. The number of piperazine rings is 1. The predicted octanol–water partition coefficient (Wildman–Crippen LogP) is 5.15. The number of imidazole rings is 1. The van der Waals surface area contributed by atoms with E-state index in [4.69, 9.17) is 4.74 Å². The zero-order valence-electron chi connectivity index (χ0n) is 22.8. The first-order chi connectivity index (χ1) is 19.6. The highest BCUT2D eigenvalue weighted by molar-refractivity contribution is 5.83. The summed E-state index contributed by atoms with van der Waals surface area (Å²) in [5.74, 6) is 1.45. The first kappa shape index (κ1) is 28.4. The number of hydrogen-bond donors (Lipinski definition) is 1. The number of carbonyl (C=O) groups is 1. The average Bonchev–Trinajstić information content (AvgIpc) is 3.23. The number of pyridine rings is 1. The average molecular weight is 569 g/mol. The molecule has 2 aromatic heterocycles. The van der Waals surface area contributed by atoms with Gasteiger partial charge in [-0.15, -0.1) is 13.2 Å². The molecule has 1 saturated heterocycles. The van der Waals surface area contributed by atoms with Crippen LogP contribution in [0, 0.1) is 0 Å². The minimum Gasteiger partial charge on any atom is -0.457 e. The van der Waals surface area contributed by atoms with Gasteiger partial charge in [-0.2, -0.15) is 0 Å². The molecule has 41 heavy (non-hydrogen) atoms. The molecule has 1 aliphatic heterocycles. The molecule has 0 unspecified atom stereocenters. The monoisotopic (exact) mass is 568 g/mol. The number of aromatic nitrogens is 3. The fourth-order valence-electron chi connectivity index (χ4n) is 4.75. The number of ether oxygens (including phenoxy) is 2. The number of ketones is 1. The van der Waals surface area contributed by atoms with Gasteiger partial charge >= 0.3 is 6.36 Å². The maximum absolute atomic E-state index is 12.7. The van der Waals surface area contributed by atoms with Gasteiger partial charge in [0.15, 0.2) is 5.78 Å². The van der Waals surface area contributed by atoms with E-state index >= 15 is 0 Å². The first-order valence-corrected chi connectivity index (χ1v) is 13.3. The number of aryl methyl sites for hydroxylation is 1. The molecular weight excluding hydrogens is 537 g/mol. The van der Waals surface area contributed by atoms with Crippen LogP contribution in [0.15, 0.2) is 60.8 Å². The lowest BCUT2D eigenvalue weighted by Gasteiger charge is -2.33. The van der Waals surface area contributed by atoms with Crippen LogP contribution >= 0.6 is 0 Å². The molecular formula is C29H31F3N6O3. The number of nitrogens with zero attached hydrogens (tertiary/aromatic N) is 5. The summed E-state index contributed by atoms with van der Waals surface area (Å²) in [5.41, 5.74) is 2.70. The number of hydrogen-bond acceptors (Lipinski definition) is 8. The summed E-state index contributed by atoms with van der Waals surface area (Å²) in [5, 5.41) is 3.11. The van der Waals surface area contributed by atoms with E-state index in [1.54, 1.807) is 24.4 Å². The number of nitrogens with one attached hydrogen (secondary N) is 1. The van der Waals surface area contributed by atoms with Crippen molar-refractivity contribution >= 4 is 28.5 Å². The summed E-state index contributed by atoms with van der Waals surface area (Å²) in [6.07, 6.45) is -2.88. The maximum Gasteiger partial charge on any atom is 0.573 e. The van der Waals surface area contributed by atoms with Crippen molar-refractivity contribution in [1.82, 2.24) is 24.3 Å². The minimum atomic E-state index is -4.74. The molecule has 2 aromatic carbocycles. The molecule has 216 valence electrons. The predicted molar refractivity (Wildman–Crippen MR) is 149 cm³/mol. The van der Waals surface area contributed by atoms with E-state index in [0.29, 0.717) is 40.9 Å². The van der Waals surface area contributed by atoms with E-state index < -0.39 is 6.36 Å². The Morgan fingerprint density at radius 1 is 0.951 bits per heavy atom. The summed E-state index contributed by atoms with van der Waals surface area (Å²) < 4.78 is 49.1. The maximum atomic E-state index is 12.7. The molecule has 1 N–H and O–H groups in total. The largest absolute Gasteiger partial charge is 0.573 e. The number of likely N-dealkylation sites (N-methyl/N-ethyl adjacent to an activating group) is 1. The van der Waals surface area contributed by atoms with E-state index in [1.807, 2.05) is 23.7 Å². The molecule has 12 heteroatoms. The third kappa shape index (κ3) is 7.53. The van der Waals surface area contributed by atoms with E-state index in [9.17, 15) is 18.0 Å². The van der Waals surface area contributed by atoms with Gasteiger partial charge in [-0.1, -0.05) is 6.92 Å². The molecule has 0 saturated carbocycles. The minimum absolute atomic E-state index is 0.122. The van der Waals surface area contributed by atoms with Crippen molar-refractivity contribution in [3.63, 3.8) is 0 Å². The SMILES string of the molecule is CCN1CCN(CC(=O)Cc2cc(Oc3ccc4c(c3)nc(Nc3ccc(OC(F)(F)F)cc3)n4C)ccn2)CC1. The second-order valence-corrected chi connectivity index (χ2v) is 9.85. The number of halogens is 3. The summed E-state index contributed by atoms with van der Waals surface area (Å²) in [6.45, 7) is 7.36. The smallest absolute Gasteiger partial charge is 0.457 e. The Morgan fingerprint density at radius 2 is 1.63 bits per heavy atom. The molecule has 9 nitrogen and oxygen atoms in total. The van der Waals surface area contributed by atoms with Crippen molar-refractivity contribution in [2.45, 2.75) is 19.7 Å². The van der Waals surface area contributed by atoms with Crippen molar-refractivity contribution < 1.29 is 27.4 Å². The summed E-state index contributed by atoms with van der Waals surface area (Å²) in [7, 11) is 1.83. The number of benzene rings is 2. The Kier molecular flexibility index (Phi) is 8.41. The lowest BCUT2D eigenvalue weighted by Crippen LogP contribution is -2.47. The Hall–Kier alpha value is -4.16. The van der Waals surface area contributed by atoms with Crippen molar-refractivity contribution in [3.05, 3.63) is 66.5 Å². The first-order valence-electron chi connectivity index (χ1n) is 13.3. The molecule has 0 amide bonds. The Bertz CT molecular complexity index is 1500. The van der Waals surface area contributed by atoms with E-state index in [1.165, 1.54) is 24.3 Å². The number of alkyl halides is 3. The van der Waals surface area contributed by atoms with Gasteiger partial charge < -0.3 is 24.3 Å². The topological polar surface area (TPSA) is 84.8 Å². The van der Waals surface area contributed by atoms with Gasteiger partial charge in [0, 0.05) is 57.2 Å². The lowest BCUT2D eigenvalue weighted by atomic mass is 10.1. The van der Waals surface area contributed by atoms with E-state index in [-0.39, 0.29) is 18.0 Å². The highest BCUT2D eigenvalue weighted by atomic mass is 19.4. The quantitative estimate of drug-likeness (QED) is 0.281. The van der Waals surface area contributed by atoms with Crippen LogP contribution in [0.25, 0.3) is 11.0 Å². The molecule has 5 rings (SSSR count). The van der Waals surface area contributed by atoms with Crippen molar-refractivity contribution in [1.29, 1.82) is 0 Å². The van der Waals surface area contributed by atoms with Crippen LogP contribution in [0.5, 0.6) is 17.2 Å². The van der Waals surface area contributed by atoms with Gasteiger partial charge in [-0.25, -0.2) is 4.98 Å². The normalized spacial score (nSPS) is 14.8. The van der Waals surface area contributed by atoms with Crippen LogP contribution in [-0.2, 0) is 18.3 Å². The fraction of sp³-hybridized carbons (Fsp3) is 0.345. The Labute approximate surface area is 235 Å². The molecule has 1 fully saturated rings. The number of carbonyl (C=O) groups excluding carboxylic acids is 1. The van der Waals surface area contributed by atoms with Crippen LogP contribution in [0.2, 0.25) is 0 Å². The molecule has 3 heterocycles.